The van der Waals surface area contributed by atoms with Gasteiger partial charge in [-0.25, -0.2) is 0 Å². The molecule has 2 aliphatic heterocycles. The Morgan fingerprint density at radius 2 is 1.66 bits per heavy atom. The van der Waals surface area contributed by atoms with Gasteiger partial charge in [-0.3, -0.25) is 14.6 Å². The molecule has 5 rings (SSSR count). The van der Waals surface area contributed by atoms with Crippen molar-refractivity contribution in [2.24, 2.45) is 29.1 Å². The molecule has 0 aromatic carbocycles. The molecule has 6 nitrogen and oxygen atoms in total. The maximum Gasteiger partial charge on any atom is 0.302 e. The van der Waals surface area contributed by atoms with Crippen LogP contribution in [0.25, 0.3) is 0 Å². The Morgan fingerprint density at radius 1 is 0.943 bits per heavy atom. The standard InChI is InChI=1S/C29H50N2O4/c1-20-17-25(30-11-4-5-12-30)28(35-21(2)32)8-6-7-24-23(20)10-9-22-18-27(33)26(19-29(22,24)3)31-13-15-34-16-14-31/h20,22-28,33H,4-19H2,1-3H3/t20?,22?,23?,24?,25?,26-,27-,28+,29-/m0/s1. The van der Waals surface area contributed by atoms with E-state index in [9.17, 15) is 9.90 Å². The predicted molar refractivity (Wildman–Crippen MR) is 137 cm³/mol. The van der Waals surface area contributed by atoms with Gasteiger partial charge in [0.05, 0.1) is 19.3 Å². The quantitative estimate of drug-likeness (QED) is 0.601. The van der Waals surface area contributed by atoms with Gasteiger partial charge in [-0.1, -0.05) is 13.8 Å². The fraction of sp³-hybridized carbons (Fsp3) is 0.966. The summed E-state index contributed by atoms with van der Waals surface area (Å²) in [7, 11) is 0. The summed E-state index contributed by atoms with van der Waals surface area (Å²) < 4.78 is 11.6. The van der Waals surface area contributed by atoms with Crippen LogP contribution < -0.4 is 0 Å². The van der Waals surface area contributed by atoms with Crippen molar-refractivity contribution in [1.29, 1.82) is 0 Å². The van der Waals surface area contributed by atoms with E-state index in [0.29, 0.717) is 23.8 Å². The van der Waals surface area contributed by atoms with Crippen LogP contribution in [-0.4, -0.2) is 84.6 Å². The lowest BCUT2D eigenvalue weighted by Gasteiger charge is -2.59. The first-order valence-corrected chi connectivity index (χ1v) is 14.8. The summed E-state index contributed by atoms with van der Waals surface area (Å²) in [5, 5.41) is 11.2. The Bertz CT molecular complexity index is 721. The van der Waals surface area contributed by atoms with E-state index in [-0.39, 0.29) is 29.6 Å². The zero-order valence-corrected chi connectivity index (χ0v) is 22.5. The van der Waals surface area contributed by atoms with Crippen molar-refractivity contribution in [2.45, 2.75) is 109 Å². The number of aliphatic hydroxyl groups is 1. The lowest BCUT2D eigenvalue weighted by Crippen LogP contribution is -2.59. The minimum atomic E-state index is -0.204. The van der Waals surface area contributed by atoms with E-state index in [0.717, 1.165) is 77.4 Å². The SMILES string of the molecule is CC(=O)O[C@@H]1CCCC2C(CCC3C[C@H](O)[C@@H](N4CCOCC4)C[C@@]32C)C(C)CC1N1CCCC1. The topological polar surface area (TPSA) is 62.2 Å². The van der Waals surface area contributed by atoms with E-state index in [2.05, 4.69) is 23.6 Å². The molecule has 6 heteroatoms. The summed E-state index contributed by atoms with van der Waals surface area (Å²) >= 11 is 0. The lowest BCUT2D eigenvalue weighted by molar-refractivity contribution is -0.150. The minimum absolute atomic E-state index is 0.0334. The average molecular weight is 491 g/mol. The molecule has 0 aromatic heterocycles. The third-order valence-electron chi connectivity index (χ3n) is 11.0. The molecular weight excluding hydrogens is 440 g/mol. The monoisotopic (exact) mass is 490 g/mol. The summed E-state index contributed by atoms with van der Waals surface area (Å²) in [5.74, 6) is 2.57. The number of esters is 1. The highest BCUT2D eigenvalue weighted by atomic mass is 16.5. The molecule has 2 heterocycles. The molecule has 3 aliphatic carbocycles. The molecule has 9 atom stereocenters. The molecule has 200 valence electrons. The number of nitrogens with zero attached hydrogens (tertiary/aromatic N) is 2. The van der Waals surface area contributed by atoms with E-state index in [1.165, 1.54) is 32.1 Å². The number of aliphatic hydroxyl groups excluding tert-OH is 1. The van der Waals surface area contributed by atoms with Crippen molar-refractivity contribution in [3.8, 4) is 0 Å². The number of hydrogen-bond donors (Lipinski definition) is 1. The van der Waals surface area contributed by atoms with Crippen molar-refractivity contribution in [1.82, 2.24) is 9.80 Å². The maximum absolute atomic E-state index is 12.1. The van der Waals surface area contributed by atoms with Crippen LogP contribution in [-0.2, 0) is 14.3 Å². The van der Waals surface area contributed by atoms with Gasteiger partial charge in [0.2, 0.25) is 0 Å². The molecule has 5 aliphatic rings. The molecule has 5 unspecified atom stereocenters. The number of likely N-dealkylation sites (tertiary alicyclic amines) is 1. The molecule has 1 N–H and O–H groups in total. The third-order valence-corrected chi connectivity index (χ3v) is 11.0. The highest BCUT2D eigenvalue weighted by Gasteiger charge is 2.55. The zero-order chi connectivity index (χ0) is 24.6. The Labute approximate surface area is 213 Å². The van der Waals surface area contributed by atoms with Gasteiger partial charge in [0, 0.05) is 32.1 Å². The number of rotatable bonds is 3. The fourth-order valence-electron chi connectivity index (χ4n) is 9.21. The summed E-state index contributed by atoms with van der Waals surface area (Å²) in [6.45, 7) is 12.5. The first-order valence-electron chi connectivity index (χ1n) is 14.8. The Kier molecular flexibility index (Phi) is 8.13. The number of fused-ring (bicyclic) bond motifs is 3. The largest absolute Gasteiger partial charge is 0.461 e. The van der Waals surface area contributed by atoms with Gasteiger partial charge in [0.1, 0.15) is 6.10 Å². The minimum Gasteiger partial charge on any atom is -0.461 e. The maximum atomic E-state index is 12.1. The highest BCUT2D eigenvalue weighted by Crippen LogP contribution is 2.59. The van der Waals surface area contributed by atoms with E-state index in [1.807, 2.05) is 0 Å². The van der Waals surface area contributed by atoms with Crippen molar-refractivity contribution >= 4 is 5.97 Å². The van der Waals surface area contributed by atoms with Gasteiger partial charge in [-0.15, -0.1) is 0 Å². The van der Waals surface area contributed by atoms with E-state index in [1.54, 1.807) is 6.92 Å². The molecule has 0 spiro atoms. The highest BCUT2D eigenvalue weighted by molar-refractivity contribution is 5.66. The van der Waals surface area contributed by atoms with Crippen molar-refractivity contribution in [3.05, 3.63) is 0 Å². The second kappa shape index (κ2) is 11.0. The van der Waals surface area contributed by atoms with Gasteiger partial charge in [0.25, 0.3) is 0 Å². The van der Waals surface area contributed by atoms with E-state index in [4.69, 9.17) is 9.47 Å². The van der Waals surface area contributed by atoms with Crippen LogP contribution in [0.4, 0.5) is 0 Å². The van der Waals surface area contributed by atoms with E-state index < -0.39 is 0 Å². The number of hydrogen-bond acceptors (Lipinski definition) is 6. The second-order valence-electron chi connectivity index (χ2n) is 12.9. The molecule has 0 bridgehead atoms. The number of carbonyl (C=O) groups excluding carboxylic acids is 1. The van der Waals surface area contributed by atoms with Gasteiger partial charge in [-0.05, 0) is 106 Å². The molecular formula is C29H50N2O4. The van der Waals surface area contributed by atoms with Gasteiger partial charge in [-0.2, -0.15) is 0 Å². The van der Waals surface area contributed by atoms with Crippen LogP contribution in [0.15, 0.2) is 0 Å². The molecule has 0 aromatic rings. The number of ether oxygens (including phenoxy) is 2. The average Bonchev–Trinajstić information content (AvgIpc) is 3.38. The molecule has 3 saturated carbocycles. The van der Waals surface area contributed by atoms with Crippen molar-refractivity contribution < 1.29 is 19.4 Å². The third kappa shape index (κ3) is 5.32. The zero-order valence-electron chi connectivity index (χ0n) is 22.5. The molecule has 5 fully saturated rings. The lowest BCUT2D eigenvalue weighted by atomic mass is 9.49. The Morgan fingerprint density at radius 3 is 2.37 bits per heavy atom. The molecule has 0 amide bonds. The van der Waals surface area contributed by atoms with Crippen LogP contribution >= 0.6 is 0 Å². The summed E-state index contributed by atoms with van der Waals surface area (Å²) in [6.07, 6.45) is 11.5. The summed E-state index contributed by atoms with van der Waals surface area (Å²) in [6, 6.07) is 0.642. The van der Waals surface area contributed by atoms with Crippen LogP contribution in [0.2, 0.25) is 0 Å². The summed E-state index contributed by atoms with van der Waals surface area (Å²) in [4.78, 5) is 17.2. The first kappa shape index (κ1) is 25.9. The molecule has 35 heavy (non-hydrogen) atoms. The van der Waals surface area contributed by atoms with Crippen LogP contribution in [0.5, 0.6) is 0 Å². The Balaban J connectivity index is 1.38. The Hall–Kier alpha value is -0.690. The van der Waals surface area contributed by atoms with E-state index >= 15 is 0 Å². The number of morpholine rings is 1. The van der Waals surface area contributed by atoms with Crippen LogP contribution in [0.3, 0.4) is 0 Å². The number of carbonyl (C=O) groups is 1. The van der Waals surface area contributed by atoms with Gasteiger partial charge >= 0.3 is 5.97 Å². The molecule has 2 saturated heterocycles. The normalized spacial score (nSPS) is 46.1. The van der Waals surface area contributed by atoms with Crippen LogP contribution in [0, 0.1) is 29.1 Å². The van der Waals surface area contributed by atoms with Gasteiger partial charge < -0.3 is 14.6 Å². The van der Waals surface area contributed by atoms with Crippen molar-refractivity contribution in [2.75, 3.05) is 39.4 Å². The first-order chi connectivity index (χ1) is 16.9. The smallest absolute Gasteiger partial charge is 0.302 e. The fourth-order valence-corrected chi connectivity index (χ4v) is 9.21. The van der Waals surface area contributed by atoms with Crippen LogP contribution in [0.1, 0.15) is 85.0 Å². The summed E-state index contributed by atoms with van der Waals surface area (Å²) in [5.41, 5.74) is 0.282. The van der Waals surface area contributed by atoms with Gasteiger partial charge in [0.15, 0.2) is 0 Å². The second-order valence-corrected chi connectivity index (χ2v) is 12.9. The van der Waals surface area contributed by atoms with Crippen molar-refractivity contribution in [3.63, 3.8) is 0 Å². The predicted octanol–water partition coefficient (Wildman–Crippen LogP) is 4.10. The molecule has 0 radical (unpaired) electrons.